The Kier molecular flexibility index (Phi) is 15.7. The summed E-state index contributed by atoms with van der Waals surface area (Å²) in [4.78, 5) is 12.6. The van der Waals surface area contributed by atoms with E-state index in [1.807, 2.05) is 6.92 Å². The average molecular weight is 718 g/mol. The highest BCUT2D eigenvalue weighted by atomic mass is 16.8. The number of ether oxygens (including phenoxy) is 6. The second kappa shape index (κ2) is 18.3. The lowest BCUT2D eigenvalue weighted by Crippen LogP contribution is -2.68. The van der Waals surface area contributed by atoms with Crippen LogP contribution in [0, 0.1) is 5.92 Å². The fourth-order valence-corrected chi connectivity index (χ4v) is 5.79. The minimum Gasteiger partial charge on any atom is -0.477 e. The summed E-state index contributed by atoms with van der Waals surface area (Å²) in [6.45, 7) is 0.155. The number of hydrogen-bond acceptors (Lipinski definition) is 19. The van der Waals surface area contributed by atoms with Crippen LogP contribution in [0.4, 0.5) is 0 Å². The van der Waals surface area contributed by atoms with E-state index in [4.69, 9.17) is 34.2 Å². The van der Waals surface area contributed by atoms with E-state index in [0.717, 1.165) is 0 Å². The van der Waals surface area contributed by atoms with E-state index in [1.165, 1.54) is 13.0 Å². The molecule has 0 aromatic rings. The van der Waals surface area contributed by atoms with E-state index < -0.39 is 142 Å². The van der Waals surface area contributed by atoms with Crippen LogP contribution in [0.3, 0.4) is 0 Å². The molecule has 49 heavy (non-hydrogen) atoms. The predicted molar refractivity (Wildman–Crippen MR) is 159 cm³/mol. The standard InChI is InChI=1S/C29H51NO19/c1-3-4-5-13(34)12(30)10-44-26-21(40)20(39)24(17(9-33)46-26)47-27-22(41)25(19(38)16(8-32)45-27)49-29(28(42)43)6-14(35)11(2)23(48-29)18(37)15(36)7-31/h4-5,11-27,31-41H,3,6-10,30H2,1-2H3,(H,42,43)/b5-4+/t11-,12+,13-,14-,15-,16?,17?,18-,19+,20-,21+,22+,23?,24-,25+,26?,27?,29?/m1/s1. The van der Waals surface area contributed by atoms with Gasteiger partial charge in [-0.2, -0.15) is 0 Å². The van der Waals surface area contributed by atoms with E-state index >= 15 is 0 Å². The van der Waals surface area contributed by atoms with Crippen molar-refractivity contribution in [2.75, 3.05) is 26.4 Å². The first kappa shape index (κ1) is 41.9. The predicted octanol–water partition coefficient (Wildman–Crippen LogP) is -6.41. The maximum atomic E-state index is 12.6. The van der Waals surface area contributed by atoms with Gasteiger partial charge in [0.05, 0.1) is 50.8 Å². The van der Waals surface area contributed by atoms with Crippen molar-refractivity contribution in [2.45, 2.75) is 130 Å². The molecule has 0 aliphatic carbocycles. The van der Waals surface area contributed by atoms with Crippen LogP contribution in [0.1, 0.15) is 26.7 Å². The van der Waals surface area contributed by atoms with Crippen LogP contribution >= 0.6 is 0 Å². The van der Waals surface area contributed by atoms with Crippen LogP contribution in [-0.2, 0) is 33.2 Å². The molecule has 286 valence electrons. The number of rotatable bonds is 16. The Morgan fingerprint density at radius 2 is 1.57 bits per heavy atom. The lowest BCUT2D eigenvalue weighted by molar-refractivity contribution is -0.388. The molecule has 3 aliphatic rings. The number of aliphatic carboxylic acids is 1. The van der Waals surface area contributed by atoms with Crippen molar-refractivity contribution in [3.8, 4) is 0 Å². The lowest BCUT2D eigenvalue weighted by Gasteiger charge is -2.50. The van der Waals surface area contributed by atoms with Gasteiger partial charge in [-0.3, -0.25) is 0 Å². The van der Waals surface area contributed by atoms with Crippen LogP contribution < -0.4 is 5.73 Å². The molecule has 0 spiro atoms. The zero-order chi connectivity index (χ0) is 36.8. The summed E-state index contributed by atoms with van der Waals surface area (Å²) in [7, 11) is 0. The number of allylic oxidation sites excluding steroid dienone is 1. The number of nitrogens with two attached hydrogens (primary N) is 1. The highest BCUT2D eigenvalue weighted by molar-refractivity contribution is 5.76. The lowest BCUT2D eigenvalue weighted by atomic mass is 9.84. The largest absolute Gasteiger partial charge is 0.477 e. The van der Waals surface area contributed by atoms with Gasteiger partial charge in [0.1, 0.15) is 61.0 Å². The maximum Gasteiger partial charge on any atom is 0.364 e. The van der Waals surface area contributed by atoms with Crippen molar-refractivity contribution in [2.24, 2.45) is 11.7 Å². The molecule has 0 saturated carbocycles. The first-order valence-electron chi connectivity index (χ1n) is 15.9. The number of carboxylic acid groups (broad SMARTS) is 1. The Labute approximate surface area is 281 Å². The topological polar surface area (TPSA) is 341 Å². The SMILES string of the molecule is CC/C=C/[C@@H](O)[C@@H](N)COC1OC(CO)[C@@H](OC2OC(CO)[C@H](O)[C@H](OC3(C(=O)O)C[C@@H](O)[C@@H](C)C([C@H](O)[C@H](O)CO)O3)[C@@H]2O)[C@H](O)[C@@H]1O. The van der Waals surface area contributed by atoms with Crippen molar-refractivity contribution >= 4 is 5.97 Å². The molecule has 3 fully saturated rings. The molecule has 3 saturated heterocycles. The van der Waals surface area contributed by atoms with Crippen molar-refractivity contribution in [1.82, 2.24) is 0 Å². The molecule has 20 heteroatoms. The molecular weight excluding hydrogens is 666 g/mol. The summed E-state index contributed by atoms with van der Waals surface area (Å²) in [5, 5.41) is 125. The number of hydrogen-bond donors (Lipinski definition) is 13. The Bertz CT molecular complexity index is 1060. The van der Waals surface area contributed by atoms with Gasteiger partial charge in [0, 0.05) is 12.3 Å². The van der Waals surface area contributed by atoms with E-state index in [-0.39, 0.29) is 6.61 Å². The monoisotopic (exact) mass is 717 g/mol. The molecule has 14 N–H and O–H groups in total. The second-order valence-electron chi connectivity index (χ2n) is 12.4. The zero-order valence-electron chi connectivity index (χ0n) is 27.0. The Morgan fingerprint density at radius 3 is 2.14 bits per heavy atom. The van der Waals surface area contributed by atoms with Crippen LogP contribution in [0.25, 0.3) is 0 Å². The van der Waals surface area contributed by atoms with E-state index in [2.05, 4.69) is 0 Å². The van der Waals surface area contributed by atoms with Crippen LogP contribution in [-0.4, -0.2) is 197 Å². The minimum atomic E-state index is -2.89. The van der Waals surface area contributed by atoms with Crippen LogP contribution in [0.15, 0.2) is 12.2 Å². The van der Waals surface area contributed by atoms with E-state index in [1.54, 1.807) is 6.08 Å². The highest BCUT2D eigenvalue weighted by Crippen LogP contribution is 2.40. The Hall–Kier alpha value is -1.51. The summed E-state index contributed by atoms with van der Waals surface area (Å²) in [6.07, 6.45) is -23.2. The van der Waals surface area contributed by atoms with Gasteiger partial charge in [-0.05, 0) is 6.42 Å². The Balaban J connectivity index is 1.81. The molecule has 3 rings (SSSR count). The molecule has 0 radical (unpaired) electrons. The van der Waals surface area contributed by atoms with Gasteiger partial charge in [0.2, 0.25) is 0 Å². The summed E-state index contributed by atoms with van der Waals surface area (Å²) >= 11 is 0. The molecule has 3 aliphatic heterocycles. The van der Waals surface area contributed by atoms with Gasteiger partial charge in [-0.25, -0.2) is 4.79 Å². The van der Waals surface area contributed by atoms with Gasteiger partial charge in [-0.15, -0.1) is 0 Å². The molecule has 0 bridgehead atoms. The number of aliphatic hydroxyl groups excluding tert-OH is 11. The molecule has 6 unspecified atom stereocenters. The highest BCUT2D eigenvalue weighted by Gasteiger charge is 2.59. The first-order valence-corrected chi connectivity index (χ1v) is 15.9. The van der Waals surface area contributed by atoms with Gasteiger partial charge < -0.3 is 95.4 Å². The molecule has 20 nitrogen and oxygen atoms in total. The van der Waals surface area contributed by atoms with E-state index in [0.29, 0.717) is 6.42 Å². The molecule has 0 amide bonds. The fourth-order valence-electron chi connectivity index (χ4n) is 5.79. The van der Waals surface area contributed by atoms with Crippen molar-refractivity contribution in [3.63, 3.8) is 0 Å². The minimum absolute atomic E-state index is 0.343. The van der Waals surface area contributed by atoms with Gasteiger partial charge in [0.15, 0.2) is 12.6 Å². The molecule has 3 heterocycles. The van der Waals surface area contributed by atoms with E-state index in [9.17, 15) is 66.1 Å². The third kappa shape index (κ3) is 9.49. The number of carbonyl (C=O) groups is 1. The molecule has 0 aromatic carbocycles. The van der Waals surface area contributed by atoms with Crippen molar-refractivity contribution < 1.29 is 94.5 Å². The third-order valence-electron chi connectivity index (χ3n) is 8.89. The maximum absolute atomic E-state index is 12.6. The Morgan fingerprint density at radius 1 is 0.939 bits per heavy atom. The average Bonchev–Trinajstić information content (AvgIpc) is 3.08. The smallest absolute Gasteiger partial charge is 0.364 e. The fraction of sp³-hybridized carbons (Fsp3) is 0.897. The second-order valence-corrected chi connectivity index (χ2v) is 12.4. The van der Waals surface area contributed by atoms with Gasteiger partial charge in [0.25, 0.3) is 5.79 Å². The van der Waals surface area contributed by atoms with Crippen molar-refractivity contribution in [3.05, 3.63) is 12.2 Å². The summed E-state index contributed by atoms with van der Waals surface area (Å²) in [6, 6.07) is -0.952. The van der Waals surface area contributed by atoms with Gasteiger partial charge >= 0.3 is 5.97 Å². The van der Waals surface area contributed by atoms with Crippen LogP contribution in [0.5, 0.6) is 0 Å². The molecular formula is C29H51NO19. The summed E-state index contributed by atoms with van der Waals surface area (Å²) in [5.41, 5.74) is 5.90. The van der Waals surface area contributed by atoms with Gasteiger partial charge in [-0.1, -0.05) is 26.0 Å². The van der Waals surface area contributed by atoms with Crippen molar-refractivity contribution in [1.29, 1.82) is 0 Å². The third-order valence-corrected chi connectivity index (χ3v) is 8.89. The zero-order valence-corrected chi connectivity index (χ0v) is 27.0. The first-order chi connectivity index (χ1) is 23.1. The molecule has 18 atom stereocenters. The summed E-state index contributed by atoms with van der Waals surface area (Å²) < 4.78 is 33.3. The molecule has 0 aromatic heterocycles. The quantitative estimate of drug-likeness (QED) is 0.0660. The van der Waals surface area contributed by atoms with Crippen LogP contribution in [0.2, 0.25) is 0 Å². The number of carboxylic acids is 1. The normalized spacial score (nSPS) is 42.9. The summed E-state index contributed by atoms with van der Waals surface area (Å²) in [5.74, 6) is -5.76. The number of aliphatic hydroxyl groups is 11.